The second kappa shape index (κ2) is 6.79. The monoisotopic (exact) mass is 309 g/mol. The van der Waals surface area contributed by atoms with Gasteiger partial charge in [0, 0.05) is 0 Å². The van der Waals surface area contributed by atoms with E-state index in [0.29, 0.717) is 12.3 Å². The highest BCUT2D eigenvalue weighted by atomic mass is 16.6. The lowest BCUT2D eigenvalue weighted by molar-refractivity contribution is -0.131. The summed E-state index contributed by atoms with van der Waals surface area (Å²) in [5.41, 5.74) is 0.953. The number of para-hydroxylation sites is 1. The maximum Gasteiger partial charge on any atom is 0.414 e. The van der Waals surface area contributed by atoms with Crippen LogP contribution in [0, 0.1) is 0 Å². The third-order valence-electron chi connectivity index (χ3n) is 3.32. The molecule has 0 spiro atoms. The van der Waals surface area contributed by atoms with Crippen molar-refractivity contribution in [3.8, 4) is 5.75 Å². The lowest BCUT2D eigenvalue weighted by atomic mass is 10.2. The number of carbonyl (C=O) groups is 2. The first kappa shape index (κ1) is 14.8. The van der Waals surface area contributed by atoms with E-state index in [2.05, 4.69) is 0 Å². The van der Waals surface area contributed by atoms with Crippen molar-refractivity contribution in [2.75, 3.05) is 13.2 Å². The van der Waals surface area contributed by atoms with Crippen LogP contribution in [0.5, 0.6) is 5.75 Å². The largest absolute Gasteiger partial charge is 0.447 e. The van der Waals surface area contributed by atoms with Crippen LogP contribution in [0.3, 0.4) is 0 Å². The Hall–Kier alpha value is -3.08. The third kappa shape index (κ3) is 3.58. The van der Waals surface area contributed by atoms with Crippen molar-refractivity contribution in [2.24, 2.45) is 0 Å². The highest BCUT2D eigenvalue weighted by molar-refractivity contribution is 5.98. The van der Waals surface area contributed by atoms with E-state index in [4.69, 9.17) is 9.47 Å². The highest BCUT2D eigenvalue weighted by Gasteiger charge is 2.30. The second-order valence-electron chi connectivity index (χ2n) is 4.91. The fourth-order valence-corrected chi connectivity index (χ4v) is 2.21. The molecule has 0 N–H and O–H groups in total. The lowest BCUT2D eigenvalue weighted by Gasteiger charge is -2.16. The Bertz CT molecular complexity index is 725. The summed E-state index contributed by atoms with van der Waals surface area (Å²) in [5.74, 6) is -0.178. The zero-order valence-electron chi connectivity index (χ0n) is 12.3. The van der Waals surface area contributed by atoms with Gasteiger partial charge in [-0.25, -0.2) is 9.59 Å². The normalized spacial score (nSPS) is 14.5. The molecule has 116 valence electrons. The van der Waals surface area contributed by atoms with Gasteiger partial charge in [-0.05, 0) is 23.8 Å². The van der Waals surface area contributed by atoms with Crippen LogP contribution in [0.15, 0.2) is 66.4 Å². The van der Waals surface area contributed by atoms with Crippen molar-refractivity contribution < 1.29 is 19.1 Å². The van der Waals surface area contributed by atoms with Crippen LogP contribution in [0.4, 0.5) is 4.79 Å². The van der Waals surface area contributed by atoms with Gasteiger partial charge in [-0.3, -0.25) is 4.90 Å². The SMILES string of the molecule is O=C(Oc1ccccc1)C(=Cc1ccccc1)N1CCOC1=O. The van der Waals surface area contributed by atoms with Crippen molar-refractivity contribution in [1.29, 1.82) is 0 Å². The van der Waals surface area contributed by atoms with Gasteiger partial charge in [0.25, 0.3) is 0 Å². The fraction of sp³-hybridized carbons (Fsp3) is 0.111. The van der Waals surface area contributed by atoms with Gasteiger partial charge in [0.15, 0.2) is 0 Å². The zero-order valence-corrected chi connectivity index (χ0v) is 12.3. The van der Waals surface area contributed by atoms with Crippen molar-refractivity contribution in [2.45, 2.75) is 0 Å². The third-order valence-corrected chi connectivity index (χ3v) is 3.32. The molecule has 0 bridgehead atoms. The number of benzene rings is 2. The van der Waals surface area contributed by atoms with Gasteiger partial charge < -0.3 is 9.47 Å². The Labute approximate surface area is 133 Å². The second-order valence-corrected chi connectivity index (χ2v) is 4.91. The molecule has 0 aromatic heterocycles. The van der Waals surface area contributed by atoms with Gasteiger partial charge >= 0.3 is 12.1 Å². The van der Waals surface area contributed by atoms with Crippen LogP contribution in [0.25, 0.3) is 6.08 Å². The Morgan fingerprint density at radius 1 is 1.04 bits per heavy atom. The average molecular weight is 309 g/mol. The maximum absolute atomic E-state index is 12.5. The molecule has 1 aliphatic rings. The minimum absolute atomic E-state index is 0.155. The van der Waals surface area contributed by atoms with Crippen molar-refractivity contribution in [3.63, 3.8) is 0 Å². The number of ether oxygens (including phenoxy) is 2. The number of amides is 1. The number of carbonyl (C=O) groups excluding carboxylic acids is 2. The molecular formula is C18H15NO4. The van der Waals surface area contributed by atoms with Gasteiger partial charge in [0.05, 0.1) is 6.54 Å². The first-order valence-corrected chi connectivity index (χ1v) is 7.22. The smallest absolute Gasteiger partial charge is 0.414 e. The highest BCUT2D eigenvalue weighted by Crippen LogP contribution is 2.19. The molecule has 0 atom stereocenters. The number of hydrogen-bond donors (Lipinski definition) is 0. The summed E-state index contributed by atoms with van der Waals surface area (Å²) < 4.78 is 10.3. The molecular weight excluding hydrogens is 294 g/mol. The Kier molecular flexibility index (Phi) is 4.38. The minimum Gasteiger partial charge on any atom is -0.447 e. The van der Waals surface area contributed by atoms with Crippen LogP contribution in [-0.2, 0) is 9.53 Å². The molecule has 0 aliphatic carbocycles. The quantitative estimate of drug-likeness (QED) is 0.495. The number of cyclic esters (lactones) is 1. The van der Waals surface area contributed by atoms with Crippen LogP contribution >= 0.6 is 0 Å². The molecule has 0 radical (unpaired) electrons. The number of esters is 1. The lowest BCUT2D eigenvalue weighted by Crippen LogP contribution is -2.30. The van der Waals surface area contributed by atoms with E-state index in [1.165, 1.54) is 4.90 Å². The Morgan fingerprint density at radius 2 is 1.70 bits per heavy atom. The molecule has 0 saturated carbocycles. The molecule has 5 heteroatoms. The summed E-state index contributed by atoms with van der Waals surface area (Å²) >= 11 is 0. The van der Waals surface area contributed by atoms with E-state index < -0.39 is 12.1 Å². The molecule has 2 aromatic rings. The summed E-state index contributed by atoms with van der Waals surface area (Å²) in [6.45, 7) is 0.574. The summed E-state index contributed by atoms with van der Waals surface area (Å²) in [7, 11) is 0. The first-order chi connectivity index (χ1) is 11.2. The van der Waals surface area contributed by atoms with Gasteiger partial charge in [-0.15, -0.1) is 0 Å². The van der Waals surface area contributed by atoms with Crippen molar-refractivity contribution >= 4 is 18.1 Å². The topological polar surface area (TPSA) is 55.8 Å². The van der Waals surface area contributed by atoms with E-state index >= 15 is 0 Å². The predicted molar refractivity (Wildman–Crippen MR) is 84.6 cm³/mol. The summed E-state index contributed by atoms with van der Waals surface area (Å²) in [6.07, 6.45) is 1.08. The minimum atomic E-state index is -0.598. The molecule has 23 heavy (non-hydrogen) atoms. The number of hydrogen-bond acceptors (Lipinski definition) is 4. The number of rotatable bonds is 4. The molecule has 1 fully saturated rings. The molecule has 2 aromatic carbocycles. The average Bonchev–Trinajstić information content (AvgIpc) is 3.00. The molecule has 3 rings (SSSR count). The van der Waals surface area contributed by atoms with E-state index in [-0.39, 0.29) is 12.3 Å². The van der Waals surface area contributed by atoms with Crippen LogP contribution < -0.4 is 4.74 Å². The van der Waals surface area contributed by atoms with Gasteiger partial charge in [-0.2, -0.15) is 0 Å². The summed E-state index contributed by atoms with van der Waals surface area (Å²) in [4.78, 5) is 25.6. The molecule has 0 unspecified atom stereocenters. The van der Waals surface area contributed by atoms with E-state index in [9.17, 15) is 9.59 Å². The van der Waals surface area contributed by atoms with Crippen molar-refractivity contribution in [1.82, 2.24) is 4.90 Å². The predicted octanol–water partition coefficient (Wildman–Crippen LogP) is 3.09. The summed E-state index contributed by atoms with van der Waals surface area (Å²) in [6, 6.07) is 18.0. The van der Waals surface area contributed by atoms with Gasteiger partial charge in [0.1, 0.15) is 18.1 Å². The number of nitrogens with zero attached hydrogens (tertiary/aromatic N) is 1. The maximum atomic E-state index is 12.5. The van der Waals surface area contributed by atoms with E-state index in [0.717, 1.165) is 5.56 Å². The summed E-state index contributed by atoms with van der Waals surface area (Å²) in [5, 5.41) is 0. The Morgan fingerprint density at radius 3 is 2.30 bits per heavy atom. The van der Waals surface area contributed by atoms with E-state index in [1.54, 1.807) is 30.3 Å². The molecule has 5 nitrogen and oxygen atoms in total. The standard InChI is InChI=1S/C18H15NO4/c20-17(23-15-9-5-2-6-10-15)16(19-11-12-22-18(19)21)13-14-7-3-1-4-8-14/h1-10,13H,11-12H2. The van der Waals surface area contributed by atoms with Crippen molar-refractivity contribution in [3.05, 3.63) is 71.9 Å². The van der Waals surface area contributed by atoms with Gasteiger partial charge in [0.2, 0.25) is 0 Å². The Balaban J connectivity index is 1.90. The molecule has 1 amide bonds. The molecule has 1 heterocycles. The van der Waals surface area contributed by atoms with Gasteiger partial charge in [-0.1, -0.05) is 48.5 Å². The van der Waals surface area contributed by atoms with Crippen LogP contribution in [0.1, 0.15) is 5.56 Å². The first-order valence-electron chi connectivity index (χ1n) is 7.22. The molecule has 1 saturated heterocycles. The van der Waals surface area contributed by atoms with Crippen LogP contribution in [0.2, 0.25) is 0 Å². The fourth-order valence-electron chi connectivity index (χ4n) is 2.21. The molecule has 1 aliphatic heterocycles. The zero-order chi connectivity index (χ0) is 16.1. The van der Waals surface area contributed by atoms with Crippen LogP contribution in [-0.4, -0.2) is 30.1 Å². The van der Waals surface area contributed by atoms with E-state index in [1.807, 2.05) is 36.4 Å².